The third-order valence-corrected chi connectivity index (χ3v) is 4.51. The molecule has 154 valence electrons. The number of H-pyrrole nitrogens is 1. The van der Waals surface area contributed by atoms with E-state index >= 15 is 0 Å². The smallest absolute Gasteiger partial charge is 0.368 e. The average Bonchev–Trinajstić information content (AvgIpc) is 2.97. The van der Waals surface area contributed by atoms with Crippen LogP contribution in [0.5, 0.6) is 0 Å². The number of hydrogen-bond acceptors (Lipinski definition) is 6. The summed E-state index contributed by atoms with van der Waals surface area (Å²) in [5, 5.41) is 8.43. The summed E-state index contributed by atoms with van der Waals surface area (Å²) >= 11 is 6.18. The Kier molecular flexibility index (Phi) is 5.32. The van der Waals surface area contributed by atoms with Crippen LogP contribution in [0.25, 0.3) is 11.1 Å². The summed E-state index contributed by atoms with van der Waals surface area (Å²) in [5.74, 6) is -0.0414. The molecule has 5 N–H and O–H groups in total. The first kappa shape index (κ1) is 20.7. The molecule has 29 heavy (non-hydrogen) atoms. The van der Waals surface area contributed by atoms with Gasteiger partial charge in [-0.3, -0.25) is 4.72 Å². The zero-order valence-electron chi connectivity index (χ0n) is 14.7. The van der Waals surface area contributed by atoms with E-state index < -0.39 is 21.8 Å². The second kappa shape index (κ2) is 7.44. The lowest BCUT2D eigenvalue weighted by molar-refractivity contribution is -0.137. The fraction of sp³-hybridized carbons (Fsp3) is 0.125. The van der Waals surface area contributed by atoms with Gasteiger partial charge in [-0.15, -0.1) is 5.10 Å². The number of aromatic nitrogens is 3. The molecule has 0 aliphatic carbocycles. The molecule has 3 aromatic rings. The van der Waals surface area contributed by atoms with Crippen LogP contribution in [-0.2, 0) is 16.2 Å². The van der Waals surface area contributed by atoms with Gasteiger partial charge in [0, 0.05) is 16.9 Å². The zero-order valence-corrected chi connectivity index (χ0v) is 16.2. The molecule has 3 rings (SSSR count). The fourth-order valence-corrected chi connectivity index (χ4v) is 3.49. The number of sulfonamides is 1. The molecule has 2 aromatic carbocycles. The van der Waals surface area contributed by atoms with Gasteiger partial charge < -0.3 is 11.1 Å². The largest absolute Gasteiger partial charge is 0.417 e. The fourth-order valence-electron chi connectivity index (χ4n) is 2.61. The minimum atomic E-state index is -4.74. The number of nitrogens with one attached hydrogen (secondary N) is 3. The molecule has 1 aromatic heterocycles. The van der Waals surface area contributed by atoms with E-state index in [4.69, 9.17) is 17.3 Å². The van der Waals surface area contributed by atoms with E-state index in [1.165, 1.54) is 30.3 Å². The van der Waals surface area contributed by atoms with Crippen molar-refractivity contribution in [2.45, 2.75) is 6.18 Å². The Bertz CT molecular complexity index is 1160. The number of halogens is 4. The minimum Gasteiger partial charge on any atom is -0.368 e. The molecule has 1 heterocycles. The summed E-state index contributed by atoms with van der Waals surface area (Å²) < 4.78 is 66.3. The normalized spacial score (nSPS) is 12.0. The lowest BCUT2D eigenvalue weighted by Crippen LogP contribution is -2.10. The molecule has 0 fully saturated rings. The number of rotatable bonds is 5. The van der Waals surface area contributed by atoms with Crippen LogP contribution in [0.4, 0.5) is 36.4 Å². The van der Waals surface area contributed by atoms with E-state index in [9.17, 15) is 21.6 Å². The van der Waals surface area contributed by atoms with Crippen LogP contribution in [0.15, 0.2) is 36.4 Å². The number of anilines is 4. The molecule has 0 bridgehead atoms. The maximum absolute atomic E-state index is 13.8. The zero-order chi connectivity index (χ0) is 21.4. The van der Waals surface area contributed by atoms with Crippen molar-refractivity contribution in [2.75, 3.05) is 22.0 Å². The van der Waals surface area contributed by atoms with Gasteiger partial charge in [0.2, 0.25) is 21.9 Å². The summed E-state index contributed by atoms with van der Waals surface area (Å²) in [5.41, 5.74) is 4.27. The van der Waals surface area contributed by atoms with E-state index in [2.05, 4.69) is 25.2 Å². The molecule has 0 aliphatic rings. The third kappa shape index (κ3) is 5.09. The number of hydrogen-bond donors (Lipinski definition) is 4. The second-order valence-corrected chi connectivity index (χ2v) is 8.16. The van der Waals surface area contributed by atoms with Crippen molar-refractivity contribution < 1.29 is 21.6 Å². The lowest BCUT2D eigenvalue weighted by atomic mass is 9.98. The Morgan fingerprint density at radius 2 is 1.90 bits per heavy atom. The Labute approximate surface area is 168 Å². The SMILES string of the molecule is CS(=O)(=O)Nc1cccc(-c2c(Cl)cc(Nc3n[nH]c(N)n3)cc2C(F)(F)F)c1. The van der Waals surface area contributed by atoms with Crippen molar-refractivity contribution in [2.24, 2.45) is 0 Å². The van der Waals surface area contributed by atoms with E-state index in [1.807, 2.05) is 0 Å². The van der Waals surface area contributed by atoms with E-state index in [-0.39, 0.29) is 39.4 Å². The Morgan fingerprint density at radius 1 is 1.17 bits per heavy atom. The Balaban J connectivity index is 2.10. The molecule has 0 atom stereocenters. The van der Waals surface area contributed by atoms with Crippen LogP contribution in [0.3, 0.4) is 0 Å². The highest BCUT2D eigenvalue weighted by Gasteiger charge is 2.35. The second-order valence-electron chi connectivity index (χ2n) is 6.00. The molecular formula is C16H14ClF3N6O2S. The van der Waals surface area contributed by atoms with Crippen molar-refractivity contribution in [3.8, 4) is 11.1 Å². The van der Waals surface area contributed by atoms with Crippen LogP contribution in [0, 0.1) is 0 Å². The monoisotopic (exact) mass is 446 g/mol. The topological polar surface area (TPSA) is 126 Å². The van der Waals surface area contributed by atoms with Crippen molar-refractivity contribution in [3.63, 3.8) is 0 Å². The Hall–Kier alpha value is -2.99. The molecule has 13 heteroatoms. The van der Waals surface area contributed by atoms with Crippen molar-refractivity contribution in [1.82, 2.24) is 15.2 Å². The summed E-state index contributed by atoms with van der Waals surface area (Å²) in [6.45, 7) is 0. The highest BCUT2D eigenvalue weighted by atomic mass is 35.5. The van der Waals surface area contributed by atoms with Crippen LogP contribution >= 0.6 is 11.6 Å². The Morgan fingerprint density at radius 3 is 2.48 bits per heavy atom. The molecule has 0 aliphatic heterocycles. The first-order valence-corrected chi connectivity index (χ1v) is 10.1. The number of nitrogens with two attached hydrogens (primary N) is 1. The number of nitrogens with zero attached hydrogens (tertiary/aromatic N) is 2. The molecular weight excluding hydrogens is 433 g/mol. The van der Waals surface area contributed by atoms with Gasteiger partial charge in [-0.05, 0) is 29.8 Å². The first-order valence-electron chi connectivity index (χ1n) is 7.86. The van der Waals surface area contributed by atoms with Gasteiger partial charge >= 0.3 is 6.18 Å². The van der Waals surface area contributed by atoms with Gasteiger partial charge in [0.1, 0.15) is 0 Å². The summed E-state index contributed by atoms with van der Waals surface area (Å²) in [4.78, 5) is 3.76. The third-order valence-electron chi connectivity index (χ3n) is 3.61. The molecule has 0 radical (unpaired) electrons. The van der Waals surface area contributed by atoms with Gasteiger partial charge in [0.05, 0.1) is 16.8 Å². The minimum absolute atomic E-state index is 0.00418. The maximum Gasteiger partial charge on any atom is 0.417 e. The van der Waals surface area contributed by atoms with Crippen LogP contribution in [0.1, 0.15) is 5.56 Å². The maximum atomic E-state index is 13.8. The molecule has 0 saturated carbocycles. The highest BCUT2D eigenvalue weighted by Crippen LogP contribution is 2.43. The summed E-state index contributed by atoms with van der Waals surface area (Å²) in [6.07, 6.45) is -3.81. The molecule has 0 spiro atoms. The standard InChI is InChI=1S/C16H14ClF3N6O2S/c1-29(27,28)26-9-4-2-3-8(5-9)13-11(16(18,19)20)6-10(7-12(13)17)22-15-23-14(21)24-25-15/h2-7,26H,1H3,(H4,21,22,23,24,25). The number of benzene rings is 2. The van der Waals surface area contributed by atoms with E-state index in [0.717, 1.165) is 12.3 Å². The van der Waals surface area contributed by atoms with Gasteiger partial charge in [-0.2, -0.15) is 18.2 Å². The highest BCUT2D eigenvalue weighted by molar-refractivity contribution is 7.92. The molecule has 8 nitrogen and oxygen atoms in total. The van der Waals surface area contributed by atoms with Gasteiger partial charge in [-0.1, -0.05) is 23.7 Å². The number of alkyl halides is 3. The van der Waals surface area contributed by atoms with Crippen LogP contribution in [-0.4, -0.2) is 29.9 Å². The van der Waals surface area contributed by atoms with Crippen LogP contribution in [0.2, 0.25) is 5.02 Å². The van der Waals surface area contributed by atoms with Crippen molar-refractivity contribution in [1.29, 1.82) is 0 Å². The van der Waals surface area contributed by atoms with E-state index in [1.54, 1.807) is 0 Å². The van der Waals surface area contributed by atoms with Crippen molar-refractivity contribution >= 4 is 44.9 Å². The van der Waals surface area contributed by atoms with E-state index in [0.29, 0.717) is 0 Å². The van der Waals surface area contributed by atoms with Gasteiger partial charge in [0.15, 0.2) is 0 Å². The van der Waals surface area contributed by atoms with Gasteiger partial charge in [-0.25, -0.2) is 13.5 Å². The predicted octanol–water partition coefficient (Wildman–Crippen LogP) is 3.84. The molecule has 0 saturated heterocycles. The average molecular weight is 447 g/mol. The van der Waals surface area contributed by atoms with Crippen LogP contribution < -0.4 is 15.8 Å². The van der Waals surface area contributed by atoms with Crippen molar-refractivity contribution in [3.05, 3.63) is 47.0 Å². The number of nitrogen functional groups attached to an aromatic ring is 1. The quantitative estimate of drug-likeness (QED) is 0.471. The number of aromatic amines is 1. The lowest BCUT2D eigenvalue weighted by Gasteiger charge is -2.17. The first-order chi connectivity index (χ1) is 13.4. The molecule has 0 unspecified atom stereocenters. The summed E-state index contributed by atoms with van der Waals surface area (Å²) in [7, 11) is -3.61. The predicted molar refractivity (Wildman–Crippen MR) is 104 cm³/mol. The summed E-state index contributed by atoms with van der Waals surface area (Å²) in [6, 6.07) is 7.62. The molecule has 0 amide bonds. The van der Waals surface area contributed by atoms with Gasteiger partial charge in [0.25, 0.3) is 0 Å².